The van der Waals surface area contributed by atoms with Crippen LogP contribution in [0.3, 0.4) is 0 Å². The highest BCUT2D eigenvalue weighted by molar-refractivity contribution is 5.91. The summed E-state index contributed by atoms with van der Waals surface area (Å²) in [5.74, 6) is -3.50. The van der Waals surface area contributed by atoms with Crippen LogP contribution in [0.15, 0.2) is 60.3 Å². The number of pyridine rings is 1. The third kappa shape index (κ3) is 12.3. The van der Waals surface area contributed by atoms with Crippen molar-refractivity contribution in [1.82, 2.24) is 9.88 Å². The maximum absolute atomic E-state index is 14.2. The molecule has 0 unspecified atom stereocenters. The van der Waals surface area contributed by atoms with E-state index >= 15 is 0 Å². The fourth-order valence-electron chi connectivity index (χ4n) is 8.02. The molecule has 1 aromatic heterocycles. The van der Waals surface area contributed by atoms with Crippen LogP contribution in [0.5, 0.6) is 0 Å². The average Bonchev–Trinajstić information content (AvgIpc) is 3.17. The summed E-state index contributed by atoms with van der Waals surface area (Å²) in [7, 11) is 3.70. The van der Waals surface area contributed by atoms with Crippen LogP contribution in [-0.4, -0.2) is 114 Å². The lowest BCUT2D eigenvalue weighted by Crippen LogP contribution is -2.64. The predicted octanol–water partition coefficient (Wildman–Crippen LogP) is 5.98. The Bertz CT molecular complexity index is 1630. The summed E-state index contributed by atoms with van der Waals surface area (Å²) in [4.78, 5) is 45.1. The number of unbranched alkanes of at least 4 members (excludes halogenated alkanes) is 1. The molecule has 1 aromatic carbocycles. The number of nitrogens with zero attached hydrogens (tertiary/aromatic N) is 2. The van der Waals surface area contributed by atoms with Crippen LogP contribution in [0.4, 0.5) is 4.39 Å². The highest BCUT2D eigenvalue weighted by atomic mass is 19.1. The number of esters is 1. The van der Waals surface area contributed by atoms with Crippen molar-refractivity contribution < 1.29 is 47.9 Å². The number of carbonyl (C=O) groups is 3. The van der Waals surface area contributed by atoms with Gasteiger partial charge >= 0.3 is 5.97 Å². The Kier molecular flexibility index (Phi) is 17.8. The molecule has 0 amide bonds. The van der Waals surface area contributed by atoms with Gasteiger partial charge < -0.3 is 38.9 Å². The number of fused-ring (bicyclic) bond motifs is 1. The van der Waals surface area contributed by atoms with Crippen LogP contribution in [0.25, 0.3) is 10.9 Å². The van der Waals surface area contributed by atoms with E-state index in [1.165, 1.54) is 6.08 Å². The van der Waals surface area contributed by atoms with Gasteiger partial charge in [0.1, 0.15) is 24.6 Å². The normalized spacial score (nSPS) is 34.2. The predicted molar refractivity (Wildman–Crippen MR) is 212 cm³/mol. The lowest BCUT2D eigenvalue weighted by molar-refractivity contribution is -0.309. The first-order valence-corrected chi connectivity index (χ1v) is 20.2. The summed E-state index contributed by atoms with van der Waals surface area (Å²) in [6, 6.07) is 9.66. The number of cyclic esters (lactones) is 1. The molecule has 0 aliphatic carbocycles. The van der Waals surface area contributed by atoms with Gasteiger partial charge in [-0.15, -0.1) is 0 Å². The Labute approximate surface area is 331 Å². The molecule has 2 aliphatic heterocycles. The fourth-order valence-corrected chi connectivity index (χ4v) is 8.02. The largest absolute Gasteiger partial charge is 0.462 e. The van der Waals surface area contributed by atoms with E-state index in [1.54, 1.807) is 39.8 Å². The van der Waals surface area contributed by atoms with Crippen LogP contribution in [-0.2, 0) is 39.8 Å². The first-order valence-electron chi connectivity index (χ1n) is 20.2. The summed E-state index contributed by atoms with van der Waals surface area (Å²) < 4.78 is 39.2. The number of alkyl halides is 1. The lowest BCUT2D eigenvalue weighted by Gasteiger charge is -2.48. The Morgan fingerprint density at radius 1 is 1.07 bits per heavy atom. The van der Waals surface area contributed by atoms with Gasteiger partial charge in [-0.25, -0.2) is 0 Å². The zero-order valence-electron chi connectivity index (χ0n) is 34.1. The van der Waals surface area contributed by atoms with Crippen LogP contribution in [0.2, 0.25) is 0 Å². The van der Waals surface area contributed by atoms with Crippen molar-refractivity contribution >= 4 is 28.9 Å². The molecule has 12 atom stereocenters. The molecular weight excluding hydrogens is 719 g/mol. The molecule has 1 saturated heterocycles. The number of ether oxygens (including phenoxy) is 4. The van der Waals surface area contributed by atoms with Crippen molar-refractivity contribution in [2.24, 2.45) is 23.7 Å². The number of aliphatic hydroxyl groups is 2. The lowest BCUT2D eigenvalue weighted by atomic mass is 9.79. The second kappa shape index (κ2) is 21.9. The van der Waals surface area contributed by atoms with Gasteiger partial charge in [0, 0.05) is 42.4 Å². The van der Waals surface area contributed by atoms with E-state index in [1.807, 2.05) is 50.3 Å². The molecule has 0 saturated carbocycles. The SMILES string of the molecule is CC[C@H]1OC(=O)C[C@@H](O)[C@H](C)[C@@H](O[C@@H]2O[C@H](C)[C@@H](OCCCCc3cnc4ccccc4c3)[C@H](N(C)C)[C@H]2O)[C@@H](CC=O)C[C@@H](C)C(=O)/C=C/C(C)=C/[C@@H]1CF. The maximum Gasteiger partial charge on any atom is 0.308 e. The molecule has 12 heteroatoms. The van der Waals surface area contributed by atoms with Gasteiger partial charge in [-0.1, -0.05) is 56.7 Å². The van der Waals surface area contributed by atoms with E-state index in [2.05, 4.69) is 17.1 Å². The Morgan fingerprint density at radius 3 is 2.52 bits per heavy atom. The van der Waals surface area contributed by atoms with Gasteiger partial charge in [-0.3, -0.25) is 19.0 Å². The van der Waals surface area contributed by atoms with Gasteiger partial charge in [0.2, 0.25) is 0 Å². The first-order chi connectivity index (χ1) is 26.8. The number of aliphatic hydroxyl groups excluding tert-OH is 2. The molecule has 4 rings (SSSR count). The summed E-state index contributed by atoms with van der Waals surface area (Å²) >= 11 is 0. The summed E-state index contributed by atoms with van der Waals surface area (Å²) in [6.45, 7) is 8.54. The molecule has 11 nitrogen and oxygen atoms in total. The molecular formula is C44H63FN2O9. The van der Waals surface area contributed by atoms with Gasteiger partial charge in [0.15, 0.2) is 12.1 Å². The van der Waals surface area contributed by atoms with Crippen molar-refractivity contribution in [1.29, 1.82) is 0 Å². The number of aromatic nitrogens is 1. The maximum atomic E-state index is 14.2. The first kappa shape index (κ1) is 45.3. The van der Waals surface area contributed by atoms with E-state index in [-0.39, 0.29) is 18.6 Å². The number of halogens is 1. The Balaban J connectivity index is 1.51. The van der Waals surface area contributed by atoms with Gasteiger partial charge in [-0.2, -0.15) is 0 Å². The number of aryl methyl sites for hydroxylation is 1. The Morgan fingerprint density at radius 2 is 1.82 bits per heavy atom. The number of hydrogen-bond donors (Lipinski definition) is 2. The Hall–Kier alpha value is -3.39. The standard InChI is InChI=1S/C44H63FN2O9/c1-8-38-34(25-45)21-27(2)16-17-36(49)28(3)22-33(18-19-48)42(29(4)37(50)24-39(51)55-38)56-44-41(52)40(47(6)7)43(30(5)54-44)53-20-12-11-13-31-23-32-14-9-10-15-35(32)46-26-31/h9-10,14-17,19,21,23,26,28-30,33-34,37-38,40-44,50,52H,8,11-13,18,20,22,24-25H2,1-7H3/b17-16+,27-21+/t28-,29+,30-,33+,34-,37-,38-,40-,41-,42-,43-,44+/m1/s1. The van der Waals surface area contributed by atoms with Gasteiger partial charge in [0.05, 0.1) is 43.0 Å². The van der Waals surface area contributed by atoms with Crippen molar-refractivity contribution in [3.8, 4) is 0 Å². The highest BCUT2D eigenvalue weighted by Crippen LogP contribution is 2.35. The van der Waals surface area contributed by atoms with E-state index in [9.17, 15) is 29.0 Å². The summed E-state index contributed by atoms with van der Waals surface area (Å²) in [5, 5.41) is 24.4. The number of likely N-dealkylation sites (N-methyl/N-ethyl adjacent to an activating group) is 1. The molecule has 3 heterocycles. The van der Waals surface area contributed by atoms with Gasteiger partial charge in [-0.05, 0) is 89.7 Å². The minimum absolute atomic E-state index is 0.000983. The molecule has 56 heavy (non-hydrogen) atoms. The summed E-state index contributed by atoms with van der Waals surface area (Å²) in [6.07, 6.45) is 3.69. The van der Waals surface area contributed by atoms with Crippen LogP contribution < -0.4 is 0 Å². The van der Waals surface area contributed by atoms with Crippen molar-refractivity contribution in [3.05, 3.63) is 65.9 Å². The van der Waals surface area contributed by atoms with Crippen molar-refractivity contribution in [2.75, 3.05) is 27.4 Å². The van der Waals surface area contributed by atoms with Crippen LogP contribution in [0, 0.1) is 23.7 Å². The molecule has 2 aliphatic rings. The monoisotopic (exact) mass is 782 g/mol. The second-order valence-corrected chi connectivity index (χ2v) is 15.9. The zero-order valence-corrected chi connectivity index (χ0v) is 34.1. The van der Waals surface area contributed by atoms with Crippen molar-refractivity contribution in [2.45, 2.75) is 129 Å². The number of para-hydroxylation sites is 1. The van der Waals surface area contributed by atoms with Gasteiger partial charge in [0.25, 0.3) is 0 Å². The quantitative estimate of drug-likeness (QED) is 0.141. The van der Waals surface area contributed by atoms with E-state index < -0.39 is 91.7 Å². The minimum atomic E-state index is -1.29. The third-order valence-electron chi connectivity index (χ3n) is 11.3. The molecule has 310 valence electrons. The topological polar surface area (TPSA) is 145 Å². The molecule has 1 fully saturated rings. The number of benzene rings is 1. The van der Waals surface area contributed by atoms with E-state index in [0.29, 0.717) is 18.6 Å². The number of allylic oxidation sites excluding steroid dienone is 3. The average molecular weight is 783 g/mol. The second-order valence-electron chi connectivity index (χ2n) is 15.9. The molecule has 2 aromatic rings. The number of carbonyl (C=O) groups excluding carboxylic acids is 3. The number of ketones is 1. The fraction of sp³-hybridized carbons (Fsp3) is 0.636. The number of hydrogen-bond acceptors (Lipinski definition) is 11. The molecule has 0 spiro atoms. The third-order valence-corrected chi connectivity index (χ3v) is 11.3. The van der Waals surface area contributed by atoms with E-state index in [0.717, 1.165) is 42.0 Å². The van der Waals surface area contributed by atoms with E-state index in [4.69, 9.17) is 18.9 Å². The highest BCUT2D eigenvalue weighted by Gasteiger charge is 2.48. The van der Waals surface area contributed by atoms with Crippen LogP contribution >= 0.6 is 0 Å². The molecule has 0 bridgehead atoms. The minimum Gasteiger partial charge on any atom is -0.462 e. The smallest absolute Gasteiger partial charge is 0.308 e. The van der Waals surface area contributed by atoms with Crippen molar-refractivity contribution in [3.63, 3.8) is 0 Å². The number of rotatable bonds is 13. The van der Waals surface area contributed by atoms with Crippen LogP contribution in [0.1, 0.15) is 78.7 Å². The zero-order chi connectivity index (χ0) is 40.9. The number of aldehydes is 1. The molecule has 0 radical (unpaired) electrons. The summed E-state index contributed by atoms with van der Waals surface area (Å²) in [5.41, 5.74) is 2.77. The molecule has 2 N–H and O–H groups in total.